The number of halogens is 2. The first kappa shape index (κ1) is 23.6. The van der Waals surface area contributed by atoms with Crippen molar-refractivity contribution >= 4 is 57.4 Å². The minimum Gasteiger partial charge on any atom is -0.459 e. The maximum absolute atomic E-state index is 12.7. The maximum Gasteiger partial charge on any atom is 0.341 e. The molecule has 0 saturated carbocycles. The Morgan fingerprint density at radius 1 is 1.23 bits per heavy atom. The van der Waals surface area contributed by atoms with Crippen LogP contribution in [-0.2, 0) is 27.1 Å². The number of amides is 1. The van der Waals surface area contributed by atoms with Gasteiger partial charge < -0.3 is 14.8 Å². The second-order valence-electron chi connectivity index (χ2n) is 7.76. The molecule has 1 N–H and O–H groups in total. The molecule has 1 aliphatic rings. The number of benzene rings is 1. The van der Waals surface area contributed by atoms with Gasteiger partial charge in [0.1, 0.15) is 5.00 Å². The van der Waals surface area contributed by atoms with Crippen molar-refractivity contribution in [3.63, 3.8) is 0 Å². The van der Waals surface area contributed by atoms with E-state index in [4.69, 9.17) is 32.7 Å². The van der Waals surface area contributed by atoms with E-state index in [2.05, 4.69) is 12.2 Å². The van der Waals surface area contributed by atoms with Crippen LogP contribution in [0.15, 0.2) is 18.2 Å². The van der Waals surface area contributed by atoms with Gasteiger partial charge >= 0.3 is 11.9 Å². The molecule has 0 aliphatic heterocycles. The summed E-state index contributed by atoms with van der Waals surface area (Å²) in [6.07, 6.45) is 2.29. The minimum absolute atomic E-state index is 0.0729. The summed E-state index contributed by atoms with van der Waals surface area (Å²) < 4.78 is 10.5. The van der Waals surface area contributed by atoms with Crippen molar-refractivity contribution in [3.8, 4) is 0 Å². The van der Waals surface area contributed by atoms with E-state index in [1.807, 2.05) is 0 Å². The number of esters is 2. The van der Waals surface area contributed by atoms with Crippen molar-refractivity contribution in [2.75, 3.05) is 11.9 Å². The number of ether oxygens (including phenoxy) is 2. The van der Waals surface area contributed by atoms with E-state index in [0.29, 0.717) is 21.5 Å². The lowest BCUT2D eigenvalue weighted by Crippen LogP contribution is -2.22. The van der Waals surface area contributed by atoms with E-state index >= 15 is 0 Å². The lowest BCUT2D eigenvalue weighted by molar-refractivity contribution is -0.119. The van der Waals surface area contributed by atoms with Gasteiger partial charge in [-0.2, -0.15) is 0 Å². The molecule has 1 atom stereocenters. The lowest BCUT2D eigenvalue weighted by Gasteiger charge is -2.18. The molecule has 0 fully saturated rings. The van der Waals surface area contributed by atoms with Crippen LogP contribution in [-0.4, -0.2) is 30.6 Å². The van der Waals surface area contributed by atoms with Crippen LogP contribution in [0.4, 0.5) is 5.00 Å². The fourth-order valence-corrected chi connectivity index (χ4v) is 5.14. The first-order chi connectivity index (χ1) is 14.7. The molecular weight excluding hydrogens is 461 g/mol. The summed E-state index contributed by atoms with van der Waals surface area (Å²) in [5.74, 6) is -1.27. The van der Waals surface area contributed by atoms with Crippen LogP contribution in [0.2, 0.25) is 10.0 Å². The highest BCUT2D eigenvalue weighted by atomic mass is 35.5. The van der Waals surface area contributed by atoms with Gasteiger partial charge in [0.15, 0.2) is 6.61 Å². The molecule has 1 heterocycles. The van der Waals surface area contributed by atoms with E-state index < -0.39 is 24.5 Å². The number of carbonyl (C=O) groups excluding carboxylic acids is 3. The van der Waals surface area contributed by atoms with Gasteiger partial charge in [-0.1, -0.05) is 30.1 Å². The predicted molar refractivity (Wildman–Crippen MR) is 121 cm³/mol. The van der Waals surface area contributed by atoms with Crippen LogP contribution >= 0.6 is 34.5 Å². The molecule has 1 aromatic heterocycles. The third-order valence-corrected chi connectivity index (χ3v) is 6.53. The Balaban J connectivity index is 1.74. The molecule has 1 amide bonds. The zero-order valence-corrected chi connectivity index (χ0v) is 19.7. The van der Waals surface area contributed by atoms with Gasteiger partial charge in [-0.05, 0) is 62.8 Å². The second-order valence-corrected chi connectivity index (χ2v) is 9.71. The summed E-state index contributed by atoms with van der Waals surface area (Å²) in [6.45, 7) is 5.18. The van der Waals surface area contributed by atoms with E-state index in [1.54, 1.807) is 19.9 Å². The average Bonchev–Trinajstić information content (AvgIpc) is 3.04. The average molecular weight is 484 g/mol. The minimum atomic E-state index is -0.763. The molecule has 0 bridgehead atoms. The monoisotopic (exact) mass is 483 g/mol. The number of rotatable bonds is 6. The first-order valence-corrected chi connectivity index (χ1v) is 11.5. The van der Waals surface area contributed by atoms with Gasteiger partial charge in [-0.25, -0.2) is 9.59 Å². The Hall–Kier alpha value is -2.09. The summed E-state index contributed by atoms with van der Waals surface area (Å²) in [5, 5.41) is 3.64. The van der Waals surface area contributed by atoms with Crippen LogP contribution < -0.4 is 5.32 Å². The molecular formula is C22H23Cl2NO5S. The van der Waals surface area contributed by atoms with E-state index in [-0.39, 0.29) is 16.7 Å². The van der Waals surface area contributed by atoms with Crippen LogP contribution in [0.3, 0.4) is 0 Å². The smallest absolute Gasteiger partial charge is 0.341 e. The molecule has 9 heteroatoms. The maximum atomic E-state index is 12.7. The summed E-state index contributed by atoms with van der Waals surface area (Å²) >= 11 is 13.3. The van der Waals surface area contributed by atoms with Crippen LogP contribution in [0.5, 0.6) is 0 Å². The van der Waals surface area contributed by atoms with E-state index in [0.717, 1.165) is 29.7 Å². The Labute approximate surface area is 194 Å². The number of fused-ring (bicyclic) bond motifs is 1. The highest BCUT2D eigenvalue weighted by Crippen LogP contribution is 2.40. The zero-order valence-electron chi connectivity index (χ0n) is 17.4. The molecule has 1 aromatic carbocycles. The van der Waals surface area contributed by atoms with E-state index in [9.17, 15) is 14.4 Å². The van der Waals surface area contributed by atoms with E-state index in [1.165, 1.54) is 23.5 Å². The molecule has 2 aromatic rings. The summed E-state index contributed by atoms with van der Waals surface area (Å²) in [4.78, 5) is 38.5. The van der Waals surface area contributed by atoms with Crippen molar-refractivity contribution in [2.24, 2.45) is 5.92 Å². The number of hydrogen-bond acceptors (Lipinski definition) is 6. The number of nitrogens with one attached hydrogen (secondary N) is 1. The first-order valence-electron chi connectivity index (χ1n) is 9.93. The van der Waals surface area contributed by atoms with Crippen LogP contribution in [0.25, 0.3) is 0 Å². The normalized spacial score (nSPS) is 15.4. The quantitative estimate of drug-likeness (QED) is 0.545. The molecule has 31 heavy (non-hydrogen) atoms. The molecule has 1 unspecified atom stereocenters. The summed E-state index contributed by atoms with van der Waals surface area (Å²) in [6, 6.07) is 4.40. The molecule has 0 saturated heterocycles. The van der Waals surface area contributed by atoms with Gasteiger partial charge in [0, 0.05) is 9.90 Å². The molecule has 166 valence electrons. The largest absolute Gasteiger partial charge is 0.459 e. The molecule has 6 nitrogen and oxygen atoms in total. The fourth-order valence-electron chi connectivity index (χ4n) is 3.35. The number of carbonyl (C=O) groups is 3. The standard InChI is InChI=1S/C22H23Cl2NO5S/c1-11(2)30-22(28)19-14-6-4-12(3)8-17(14)31-20(19)25-18(26)10-29-21(27)15-9-13(23)5-7-16(15)24/h5,7,9,11-12H,4,6,8,10H2,1-3H3,(H,25,26). The van der Waals surface area contributed by atoms with Crippen LogP contribution in [0, 0.1) is 5.92 Å². The third-order valence-electron chi connectivity index (χ3n) is 4.79. The van der Waals surface area contributed by atoms with Crippen molar-refractivity contribution in [1.82, 2.24) is 0 Å². The van der Waals surface area contributed by atoms with Gasteiger partial charge in [0.2, 0.25) is 0 Å². The van der Waals surface area contributed by atoms with Crippen molar-refractivity contribution < 1.29 is 23.9 Å². The molecule has 0 radical (unpaired) electrons. The Morgan fingerprint density at radius 3 is 2.68 bits per heavy atom. The number of hydrogen-bond donors (Lipinski definition) is 1. The van der Waals surface area contributed by atoms with Crippen molar-refractivity contribution in [2.45, 2.75) is 46.1 Å². The third kappa shape index (κ3) is 5.79. The van der Waals surface area contributed by atoms with Crippen LogP contribution in [0.1, 0.15) is 58.3 Å². The van der Waals surface area contributed by atoms with Crippen molar-refractivity contribution in [1.29, 1.82) is 0 Å². The number of thiophene rings is 1. The lowest BCUT2D eigenvalue weighted by atomic mass is 9.88. The SMILES string of the molecule is CC1CCc2c(sc(NC(=O)COC(=O)c3cc(Cl)ccc3Cl)c2C(=O)OC(C)C)C1. The number of anilines is 1. The summed E-state index contributed by atoms with van der Waals surface area (Å²) in [5.41, 5.74) is 1.41. The van der Waals surface area contributed by atoms with Gasteiger partial charge in [0.25, 0.3) is 5.91 Å². The molecule has 1 aliphatic carbocycles. The molecule has 0 spiro atoms. The summed E-state index contributed by atoms with van der Waals surface area (Å²) in [7, 11) is 0. The Bertz CT molecular complexity index is 1020. The topological polar surface area (TPSA) is 81.7 Å². The van der Waals surface area contributed by atoms with Crippen molar-refractivity contribution in [3.05, 3.63) is 49.8 Å². The highest BCUT2D eigenvalue weighted by Gasteiger charge is 2.29. The van der Waals surface area contributed by atoms with Gasteiger partial charge in [-0.15, -0.1) is 11.3 Å². The second kappa shape index (κ2) is 10.0. The molecule has 3 rings (SSSR count). The Kier molecular flexibility index (Phi) is 7.62. The Morgan fingerprint density at radius 2 is 1.97 bits per heavy atom. The van der Waals surface area contributed by atoms with Gasteiger partial charge in [0.05, 0.1) is 22.3 Å². The zero-order chi connectivity index (χ0) is 22.7. The predicted octanol–water partition coefficient (Wildman–Crippen LogP) is 5.54. The highest BCUT2D eigenvalue weighted by molar-refractivity contribution is 7.17. The fraction of sp³-hybridized carbons (Fsp3) is 0.409. The van der Waals surface area contributed by atoms with Gasteiger partial charge in [-0.3, -0.25) is 4.79 Å².